The molecular weight excluding hydrogens is 500 g/mol. The highest BCUT2D eigenvalue weighted by Gasteiger charge is 2.26. The summed E-state index contributed by atoms with van der Waals surface area (Å²) < 4.78 is 17.4. The van der Waals surface area contributed by atoms with Crippen molar-refractivity contribution in [2.45, 2.75) is 57.9 Å². The van der Waals surface area contributed by atoms with Gasteiger partial charge in [0.25, 0.3) is 0 Å². The van der Waals surface area contributed by atoms with Crippen LogP contribution in [0.4, 0.5) is 5.69 Å². The highest BCUT2D eigenvalue weighted by atomic mass is 16.5. The molecule has 0 aliphatic heterocycles. The second-order valence-corrected chi connectivity index (χ2v) is 11.2. The van der Waals surface area contributed by atoms with E-state index in [0.29, 0.717) is 18.3 Å². The molecule has 6 nitrogen and oxygen atoms in total. The lowest BCUT2D eigenvalue weighted by Gasteiger charge is -2.32. The molecule has 3 aromatic carbocycles. The molecule has 3 aromatic rings. The van der Waals surface area contributed by atoms with Crippen LogP contribution in [0.5, 0.6) is 23.0 Å². The number of rotatable bonds is 13. The Balaban J connectivity index is 1.29. The lowest BCUT2D eigenvalue weighted by atomic mass is 9.79. The molecule has 1 fully saturated rings. The Labute approximate surface area is 239 Å². The van der Waals surface area contributed by atoms with Crippen molar-refractivity contribution in [3.05, 3.63) is 76.9 Å². The highest BCUT2D eigenvalue weighted by Crippen LogP contribution is 2.43. The van der Waals surface area contributed by atoms with E-state index in [9.17, 15) is 5.11 Å². The van der Waals surface area contributed by atoms with Gasteiger partial charge in [0.2, 0.25) is 0 Å². The number of ether oxygens (including phenoxy) is 3. The largest absolute Gasteiger partial charge is 0.508 e. The average Bonchev–Trinajstić information content (AvgIpc) is 2.96. The molecule has 0 amide bonds. The number of anilines is 1. The van der Waals surface area contributed by atoms with Crippen molar-refractivity contribution < 1.29 is 19.3 Å². The van der Waals surface area contributed by atoms with Gasteiger partial charge < -0.3 is 29.5 Å². The summed E-state index contributed by atoms with van der Waals surface area (Å²) in [6.45, 7) is 6.55. The van der Waals surface area contributed by atoms with Crippen molar-refractivity contribution in [3.63, 3.8) is 0 Å². The fraction of sp³-hybridized carbons (Fsp3) is 0.471. The van der Waals surface area contributed by atoms with Crippen LogP contribution in [0.1, 0.15) is 60.8 Å². The Bertz CT molecular complexity index is 1260. The van der Waals surface area contributed by atoms with Crippen LogP contribution in [0.25, 0.3) is 0 Å². The minimum atomic E-state index is 0.346. The van der Waals surface area contributed by atoms with Crippen LogP contribution in [-0.4, -0.2) is 45.6 Å². The molecule has 0 spiro atoms. The third-order valence-corrected chi connectivity index (χ3v) is 8.62. The first-order valence-electron chi connectivity index (χ1n) is 14.8. The maximum atomic E-state index is 9.95. The standard InChI is InChI=1S/C34H44N2O4/c1-4-36(23-25-8-14-30(15-9-25)40-17-16-35-22-24-6-5-7-24)32-21-34(39-3)33(38-2)20-31(32)28-11-10-27-19-29(37)13-12-26(27)18-28/h8-9,12-15,19-21,24,28,35,37H,4-7,10-11,16-18,22-23H2,1-3H3/t28-/m1/s1. The van der Waals surface area contributed by atoms with Gasteiger partial charge in [0.05, 0.1) is 14.2 Å². The van der Waals surface area contributed by atoms with E-state index in [2.05, 4.69) is 59.6 Å². The number of nitrogens with zero attached hydrogens (tertiary/aromatic N) is 1. The summed E-state index contributed by atoms with van der Waals surface area (Å²) in [5.74, 6) is 3.99. The molecule has 0 bridgehead atoms. The molecule has 2 aliphatic carbocycles. The fourth-order valence-electron chi connectivity index (χ4n) is 6.01. The molecule has 6 heteroatoms. The maximum Gasteiger partial charge on any atom is 0.162 e. The molecule has 0 unspecified atom stereocenters. The number of phenolic OH excluding ortho intramolecular Hbond substituents is 1. The van der Waals surface area contributed by atoms with Crippen LogP contribution < -0.4 is 24.4 Å². The van der Waals surface area contributed by atoms with Crippen molar-refractivity contribution in [1.82, 2.24) is 5.32 Å². The normalized spacial score (nSPS) is 16.6. The number of aromatic hydroxyl groups is 1. The summed E-state index contributed by atoms with van der Waals surface area (Å²) in [5, 5.41) is 13.5. The zero-order chi connectivity index (χ0) is 27.9. The Morgan fingerprint density at radius 3 is 2.40 bits per heavy atom. The van der Waals surface area contributed by atoms with Gasteiger partial charge in [-0.3, -0.25) is 0 Å². The first-order chi connectivity index (χ1) is 19.6. The zero-order valence-electron chi connectivity index (χ0n) is 24.2. The first kappa shape index (κ1) is 28.2. The number of benzene rings is 3. The Morgan fingerprint density at radius 1 is 0.925 bits per heavy atom. The molecule has 2 aliphatic rings. The molecule has 214 valence electrons. The molecule has 1 atom stereocenters. The van der Waals surface area contributed by atoms with Gasteiger partial charge in [-0.15, -0.1) is 0 Å². The predicted molar refractivity (Wildman–Crippen MR) is 161 cm³/mol. The van der Waals surface area contributed by atoms with Crippen molar-refractivity contribution in [2.24, 2.45) is 5.92 Å². The number of hydrogen-bond acceptors (Lipinski definition) is 6. The number of phenols is 1. The van der Waals surface area contributed by atoms with E-state index in [1.807, 2.05) is 6.07 Å². The first-order valence-corrected chi connectivity index (χ1v) is 14.8. The van der Waals surface area contributed by atoms with Crippen LogP contribution in [0.15, 0.2) is 54.6 Å². The molecule has 1 saturated carbocycles. The van der Waals surface area contributed by atoms with Gasteiger partial charge in [-0.2, -0.15) is 0 Å². The quantitative estimate of drug-likeness (QED) is 0.240. The molecule has 40 heavy (non-hydrogen) atoms. The Morgan fingerprint density at radius 2 is 1.70 bits per heavy atom. The lowest BCUT2D eigenvalue weighted by Crippen LogP contribution is -2.30. The Kier molecular flexibility index (Phi) is 9.38. The second-order valence-electron chi connectivity index (χ2n) is 11.2. The zero-order valence-corrected chi connectivity index (χ0v) is 24.2. The fourth-order valence-corrected chi connectivity index (χ4v) is 6.01. The molecule has 0 aromatic heterocycles. The monoisotopic (exact) mass is 544 g/mol. The van der Waals surface area contributed by atoms with Crippen molar-refractivity contribution >= 4 is 5.69 Å². The third kappa shape index (κ3) is 6.67. The van der Waals surface area contributed by atoms with E-state index in [-0.39, 0.29) is 0 Å². The summed E-state index contributed by atoms with van der Waals surface area (Å²) in [4.78, 5) is 2.42. The van der Waals surface area contributed by atoms with E-state index in [1.54, 1.807) is 20.3 Å². The van der Waals surface area contributed by atoms with Gasteiger partial charge in [0, 0.05) is 31.4 Å². The van der Waals surface area contributed by atoms with E-state index in [1.165, 1.54) is 47.2 Å². The Hall–Kier alpha value is -3.38. The molecule has 0 saturated heterocycles. The van der Waals surface area contributed by atoms with Crippen LogP contribution >= 0.6 is 0 Å². The van der Waals surface area contributed by atoms with Crippen molar-refractivity contribution in [2.75, 3.05) is 45.4 Å². The number of aryl methyl sites for hydroxylation is 1. The summed E-state index contributed by atoms with van der Waals surface area (Å²) in [7, 11) is 3.40. The number of fused-ring (bicyclic) bond motifs is 1. The van der Waals surface area contributed by atoms with E-state index >= 15 is 0 Å². The van der Waals surface area contributed by atoms with Crippen LogP contribution in [0.2, 0.25) is 0 Å². The van der Waals surface area contributed by atoms with E-state index in [4.69, 9.17) is 14.2 Å². The summed E-state index contributed by atoms with van der Waals surface area (Å²) >= 11 is 0. The van der Waals surface area contributed by atoms with E-state index in [0.717, 1.165) is 68.6 Å². The molecule has 5 rings (SSSR count). The SMILES string of the molecule is CCN(Cc1ccc(OCCNCC2CCC2)cc1)c1cc(OC)c(OC)cc1[C@@H]1CCc2cc(O)ccc2C1. The van der Waals surface area contributed by atoms with Gasteiger partial charge in [-0.1, -0.05) is 24.6 Å². The van der Waals surface area contributed by atoms with Gasteiger partial charge >= 0.3 is 0 Å². The van der Waals surface area contributed by atoms with Crippen molar-refractivity contribution in [3.8, 4) is 23.0 Å². The minimum absolute atomic E-state index is 0.346. The molecule has 0 radical (unpaired) electrons. The predicted octanol–water partition coefficient (Wildman–Crippen LogP) is 6.48. The third-order valence-electron chi connectivity index (χ3n) is 8.62. The van der Waals surface area contributed by atoms with Gasteiger partial charge in [0.1, 0.15) is 18.1 Å². The van der Waals surface area contributed by atoms with Gasteiger partial charge in [-0.25, -0.2) is 0 Å². The highest BCUT2D eigenvalue weighted by molar-refractivity contribution is 5.64. The van der Waals surface area contributed by atoms with Crippen molar-refractivity contribution in [1.29, 1.82) is 0 Å². The van der Waals surface area contributed by atoms with Crippen LogP contribution in [-0.2, 0) is 19.4 Å². The van der Waals surface area contributed by atoms with Crippen LogP contribution in [0.3, 0.4) is 0 Å². The lowest BCUT2D eigenvalue weighted by molar-refractivity contribution is 0.276. The maximum absolute atomic E-state index is 9.95. The van der Waals surface area contributed by atoms with Crippen LogP contribution in [0, 0.1) is 5.92 Å². The number of methoxy groups -OCH3 is 2. The second kappa shape index (κ2) is 13.3. The molecule has 0 heterocycles. The van der Waals surface area contributed by atoms with Gasteiger partial charge in [0.15, 0.2) is 11.5 Å². The molecule has 2 N–H and O–H groups in total. The van der Waals surface area contributed by atoms with E-state index < -0.39 is 0 Å². The summed E-state index contributed by atoms with van der Waals surface area (Å²) in [5.41, 5.74) is 6.27. The average molecular weight is 545 g/mol. The smallest absolute Gasteiger partial charge is 0.162 e. The summed E-state index contributed by atoms with van der Waals surface area (Å²) in [6, 6.07) is 18.6. The topological polar surface area (TPSA) is 63.2 Å². The molecular formula is C34H44N2O4. The number of hydrogen-bond donors (Lipinski definition) is 2. The minimum Gasteiger partial charge on any atom is -0.508 e. The van der Waals surface area contributed by atoms with Gasteiger partial charge in [-0.05, 0) is 110 Å². The number of nitrogens with one attached hydrogen (secondary N) is 1. The summed E-state index contributed by atoms with van der Waals surface area (Å²) in [6.07, 6.45) is 7.05.